The second kappa shape index (κ2) is 19.2. The van der Waals surface area contributed by atoms with Crippen molar-refractivity contribution in [1.29, 1.82) is 0 Å². The number of hydrogen-bond acceptors (Lipinski definition) is 6. The Hall–Kier alpha value is -3.01. The van der Waals surface area contributed by atoms with Gasteiger partial charge in [-0.25, -0.2) is 9.59 Å². The van der Waals surface area contributed by atoms with Gasteiger partial charge in [0.2, 0.25) is 5.91 Å². The van der Waals surface area contributed by atoms with Gasteiger partial charge < -0.3 is 30.5 Å². The number of carboxylic acid groups (broad SMARTS) is 1. The first-order valence-electron chi connectivity index (χ1n) is 14.5. The average molecular weight is 614 g/mol. The minimum absolute atomic E-state index is 0.0122. The molecule has 1 aromatic carbocycles. The fourth-order valence-electron chi connectivity index (χ4n) is 3.40. The van der Waals surface area contributed by atoms with Crippen LogP contribution in [0.3, 0.4) is 0 Å². The van der Waals surface area contributed by atoms with E-state index in [0.29, 0.717) is 24.5 Å². The number of aryl methyl sites for hydroxylation is 1. The van der Waals surface area contributed by atoms with Gasteiger partial charge in [0.25, 0.3) is 0 Å². The summed E-state index contributed by atoms with van der Waals surface area (Å²) in [6.45, 7) is 17.4. The zero-order valence-corrected chi connectivity index (χ0v) is 27.6. The summed E-state index contributed by atoms with van der Waals surface area (Å²) in [5.74, 6) is -1.21. The van der Waals surface area contributed by atoms with Gasteiger partial charge in [0.1, 0.15) is 11.2 Å². The normalized spacial score (nSPS) is 12.6. The Balaban J connectivity index is 0.000000865. The molecule has 10 nitrogen and oxygen atoms in total. The van der Waals surface area contributed by atoms with E-state index in [2.05, 4.69) is 16.0 Å². The van der Waals surface area contributed by atoms with Gasteiger partial charge in [-0.05, 0) is 97.9 Å². The summed E-state index contributed by atoms with van der Waals surface area (Å²) >= 11 is 5.98. The Labute approximate surface area is 256 Å². The third-order valence-electron chi connectivity index (χ3n) is 5.76. The molecule has 4 N–H and O–H groups in total. The lowest BCUT2D eigenvalue weighted by atomic mass is 10.0. The summed E-state index contributed by atoms with van der Waals surface area (Å²) in [5, 5.41) is 17.6. The monoisotopic (exact) mass is 613 g/mol. The molecule has 0 saturated carbocycles. The van der Waals surface area contributed by atoms with Crippen LogP contribution in [0.5, 0.6) is 0 Å². The summed E-state index contributed by atoms with van der Waals surface area (Å²) in [5.41, 5.74) is 0.712. The molecule has 0 aromatic heterocycles. The van der Waals surface area contributed by atoms with Crippen LogP contribution in [0, 0.1) is 18.8 Å². The Morgan fingerprint density at radius 1 is 0.810 bits per heavy atom. The Morgan fingerprint density at radius 2 is 1.26 bits per heavy atom. The van der Waals surface area contributed by atoms with Crippen LogP contribution in [0.15, 0.2) is 18.2 Å². The third kappa shape index (κ3) is 20.8. The number of rotatable bonds is 13. The number of aliphatic carboxylic acids is 1. The number of carboxylic acids is 1. The summed E-state index contributed by atoms with van der Waals surface area (Å²) in [7, 11) is 0. The number of carbonyl (C=O) groups is 4. The number of amides is 3. The van der Waals surface area contributed by atoms with Gasteiger partial charge in [0, 0.05) is 29.7 Å². The minimum Gasteiger partial charge on any atom is -0.481 e. The van der Waals surface area contributed by atoms with Crippen LogP contribution in [0.2, 0.25) is 5.02 Å². The molecule has 42 heavy (non-hydrogen) atoms. The molecule has 0 unspecified atom stereocenters. The van der Waals surface area contributed by atoms with E-state index in [1.807, 2.05) is 40.7 Å². The van der Waals surface area contributed by atoms with E-state index in [1.165, 1.54) is 0 Å². The molecule has 2 atom stereocenters. The number of alkyl carbamates (subject to hydrolysis) is 2. The van der Waals surface area contributed by atoms with Crippen molar-refractivity contribution in [3.8, 4) is 0 Å². The first kappa shape index (κ1) is 39.0. The maximum absolute atomic E-state index is 12.2. The molecule has 0 aliphatic rings. The number of unbranched alkanes of at least 4 members (excludes halogenated alkanes) is 2. The molecule has 0 fully saturated rings. The van der Waals surface area contributed by atoms with Gasteiger partial charge >= 0.3 is 18.2 Å². The van der Waals surface area contributed by atoms with E-state index in [0.717, 1.165) is 43.4 Å². The number of ether oxygens (including phenoxy) is 2. The zero-order chi connectivity index (χ0) is 32.5. The largest absolute Gasteiger partial charge is 0.481 e. The van der Waals surface area contributed by atoms with Crippen molar-refractivity contribution >= 4 is 41.4 Å². The third-order valence-corrected chi connectivity index (χ3v) is 6.18. The molecule has 1 rings (SSSR count). The van der Waals surface area contributed by atoms with Crippen molar-refractivity contribution in [1.82, 2.24) is 10.6 Å². The second-order valence-electron chi connectivity index (χ2n) is 12.4. The number of anilines is 1. The topological polar surface area (TPSA) is 143 Å². The highest BCUT2D eigenvalue weighted by Gasteiger charge is 2.17. The van der Waals surface area contributed by atoms with Crippen molar-refractivity contribution in [2.24, 2.45) is 11.8 Å². The van der Waals surface area contributed by atoms with Crippen molar-refractivity contribution in [3.05, 3.63) is 28.8 Å². The van der Waals surface area contributed by atoms with Crippen LogP contribution in [-0.4, -0.2) is 53.5 Å². The maximum Gasteiger partial charge on any atom is 0.407 e. The van der Waals surface area contributed by atoms with E-state index in [1.54, 1.807) is 39.8 Å². The number of hydrogen-bond donors (Lipinski definition) is 4. The van der Waals surface area contributed by atoms with E-state index in [-0.39, 0.29) is 17.7 Å². The van der Waals surface area contributed by atoms with Crippen molar-refractivity contribution in [2.75, 3.05) is 18.4 Å². The van der Waals surface area contributed by atoms with E-state index in [9.17, 15) is 19.2 Å². The van der Waals surface area contributed by atoms with Gasteiger partial charge in [-0.2, -0.15) is 0 Å². The zero-order valence-electron chi connectivity index (χ0n) is 26.8. The number of halogens is 1. The Bertz CT molecular complexity index is 1000. The van der Waals surface area contributed by atoms with E-state index in [4.69, 9.17) is 26.2 Å². The molecule has 11 heteroatoms. The molecule has 0 aliphatic carbocycles. The molecule has 0 heterocycles. The van der Waals surface area contributed by atoms with Crippen LogP contribution in [0.1, 0.15) is 99.5 Å². The van der Waals surface area contributed by atoms with Crippen LogP contribution >= 0.6 is 11.6 Å². The molecule has 0 radical (unpaired) electrons. The second-order valence-corrected chi connectivity index (χ2v) is 12.8. The lowest BCUT2D eigenvalue weighted by molar-refractivity contribution is -0.141. The van der Waals surface area contributed by atoms with Crippen LogP contribution in [0.4, 0.5) is 15.3 Å². The lowest BCUT2D eigenvalue weighted by Gasteiger charge is -2.19. The molecule has 3 amide bonds. The first-order valence-corrected chi connectivity index (χ1v) is 14.9. The highest BCUT2D eigenvalue weighted by Crippen LogP contribution is 2.20. The summed E-state index contributed by atoms with van der Waals surface area (Å²) in [4.78, 5) is 45.5. The average Bonchev–Trinajstić information content (AvgIpc) is 2.83. The van der Waals surface area contributed by atoms with Gasteiger partial charge in [0.05, 0.1) is 5.92 Å². The van der Waals surface area contributed by atoms with Gasteiger partial charge in [0.15, 0.2) is 0 Å². The molecular weight excluding hydrogens is 562 g/mol. The number of benzene rings is 1. The fraction of sp³-hybridized carbons (Fsp3) is 0.677. The fourth-order valence-corrected chi connectivity index (χ4v) is 3.52. The summed E-state index contributed by atoms with van der Waals surface area (Å²) < 4.78 is 10.2. The lowest BCUT2D eigenvalue weighted by Crippen LogP contribution is -2.33. The van der Waals surface area contributed by atoms with Crippen LogP contribution < -0.4 is 16.0 Å². The Morgan fingerprint density at radius 3 is 1.67 bits per heavy atom. The molecule has 0 saturated heterocycles. The van der Waals surface area contributed by atoms with Crippen LogP contribution in [0.25, 0.3) is 0 Å². The molecular formula is C31H52ClN3O7. The van der Waals surface area contributed by atoms with Gasteiger partial charge in [-0.3, -0.25) is 9.59 Å². The predicted octanol–water partition coefficient (Wildman–Crippen LogP) is 7.32. The van der Waals surface area contributed by atoms with Gasteiger partial charge in [-0.1, -0.05) is 38.3 Å². The minimum atomic E-state index is -0.773. The van der Waals surface area contributed by atoms with Crippen molar-refractivity contribution < 1.29 is 33.8 Å². The van der Waals surface area contributed by atoms with Crippen molar-refractivity contribution in [2.45, 2.75) is 112 Å². The Kier molecular flexibility index (Phi) is 17.9. The molecule has 0 spiro atoms. The maximum atomic E-state index is 12.2. The SMILES string of the molecule is C[C@@H](CCCCNC(=O)OC(C)(C)C)C(=O)O.Cc1cc(NC(=O)[C@@H](C)CCCCNC(=O)OC(C)(C)C)ccc1Cl. The smallest absolute Gasteiger partial charge is 0.407 e. The molecule has 240 valence electrons. The van der Waals surface area contributed by atoms with E-state index >= 15 is 0 Å². The quantitative estimate of drug-likeness (QED) is 0.171. The van der Waals surface area contributed by atoms with Crippen molar-refractivity contribution in [3.63, 3.8) is 0 Å². The number of nitrogens with one attached hydrogen (secondary N) is 3. The molecule has 0 aliphatic heterocycles. The number of carbonyl (C=O) groups excluding carboxylic acids is 3. The standard InChI is InChI=1S/C19H29ClN2O3.C12H23NO4/c1-13(8-6-7-11-21-18(24)25-19(3,4)5)17(23)22-15-9-10-16(20)14(2)12-15;1-9(10(14)15)7-5-6-8-13-11(16)17-12(2,3)4/h9-10,12-13H,6-8,11H2,1-5H3,(H,21,24)(H,22,23);9H,5-8H2,1-4H3,(H,13,16)(H,14,15)/t13-;9-/m00/s1. The predicted molar refractivity (Wildman–Crippen MR) is 167 cm³/mol. The highest BCUT2D eigenvalue weighted by molar-refractivity contribution is 6.31. The van der Waals surface area contributed by atoms with Gasteiger partial charge in [-0.15, -0.1) is 0 Å². The molecule has 1 aromatic rings. The van der Waals surface area contributed by atoms with Crippen LogP contribution in [-0.2, 0) is 19.1 Å². The summed E-state index contributed by atoms with van der Waals surface area (Å²) in [6.07, 6.45) is 3.75. The summed E-state index contributed by atoms with van der Waals surface area (Å²) in [6, 6.07) is 5.43. The molecule has 0 bridgehead atoms. The first-order chi connectivity index (χ1) is 19.3. The highest BCUT2D eigenvalue weighted by atomic mass is 35.5. The van der Waals surface area contributed by atoms with E-state index < -0.39 is 29.4 Å².